The number of hydrogen-bond acceptors (Lipinski definition) is 4. The first kappa shape index (κ1) is 14.5. The molecule has 1 aromatic rings. The smallest absolute Gasteiger partial charge is 0.150 e. The van der Waals surface area contributed by atoms with Crippen molar-refractivity contribution in [1.82, 2.24) is 14.9 Å². The van der Waals surface area contributed by atoms with Gasteiger partial charge < -0.3 is 9.88 Å². The van der Waals surface area contributed by atoms with Crippen molar-refractivity contribution in [3.8, 4) is 0 Å². The quantitative estimate of drug-likeness (QED) is 0.857. The third kappa shape index (κ3) is 3.57. The summed E-state index contributed by atoms with van der Waals surface area (Å²) in [6.45, 7) is 5.91. The normalized spacial score (nSPS) is 23.6. The van der Waals surface area contributed by atoms with Gasteiger partial charge in [0.1, 0.15) is 5.82 Å². The number of nitrogens with one attached hydrogen (secondary N) is 1. The molecule has 2 rings (SSSR count). The number of hydrogen-bond donors (Lipinski definition) is 1. The van der Waals surface area contributed by atoms with Gasteiger partial charge in [-0.05, 0) is 32.2 Å². The van der Waals surface area contributed by atoms with Gasteiger partial charge >= 0.3 is 0 Å². The van der Waals surface area contributed by atoms with Gasteiger partial charge in [-0.25, -0.2) is 13.4 Å². The molecule has 1 aromatic heterocycles. The van der Waals surface area contributed by atoms with E-state index in [4.69, 9.17) is 0 Å². The van der Waals surface area contributed by atoms with E-state index in [9.17, 15) is 8.42 Å². The van der Waals surface area contributed by atoms with E-state index in [2.05, 4.69) is 28.7 Å². The Bertz CT molecular complexity index is 510. The molecule has 0 bridgehead atoms. The zero-order valence-corrected chi connectivity index (χ0v) is 12.5. The highest BCUT2D eigenvalue weighted by Gasteiger charge is 2.31. The summed E-state index contributed by atoms with van der Waals surface area (Å²) >= 11 is 0. The second-order valence-corrected chi connectivity index (χ2v) is 7.42. The Balaban J connectivity index is 2.09. The van der Waals surface area contributed by atoms with Gasteiger partial charge in [0.2, 0.25) is 0 Å². The van der Waals surface area contributed by atoms with Crippen molar-refractivity contribution in [2.45, 2.75) is 39.3 Å². The maximum atomic E-state index is 11.5. The van der Waals surface area contributed by atoms with E-state index in [1.54, 1.807) is 0 Å². The maximum Gasteiger partial charge on any atom is 0.150 e. The molecular weight excluding hydrogens is 262 g/mol. The van der Waals surface area contributed by atoms with Gasteiger partial charge in [0.05, 0.1) is 17.5 Å². The first-order valence-electron chi connectivity index (χ1n) is 7.00. The maximum absolute atomic E-state index is 11.5. The van der Waals surface area contributed by atoms with Crippen LogP contribution in [-0.4, -0.2) is 36.0 Å². The van der Waals surface area contributed by atoms with Crippen molar-refractivity contribution in [1.29, 1.82) is 0 Å². The van der Waals surface area contributed by atoms with E-state index < -0.39 is 9.84 Å². The summed E-state index contributed by atoms with van der Waals surface area (Å²) < 4.78 is 25.2. The number of nitrogens with zero attached hydrogens (tertiary/aromatic N) is 2. The summed E-state index contributed by atoms with van der Waals surface area (Å²) in [5, 5.41) is 3.44. The lowest BCUT2D eigenvalue weighted by Gasteiger charge is -2.21. The standard InChI is InChI=1S/C13H23N3O2S/c1-3-14-12(13-15-6-7-16(13)4-2)9-11-5-8-19(17,18)10-11/h6-7,11-12,14H,3-5,8-10H2,1-2H3. The summed E-state index contributed by atoms with van der Waals surface area (Å²) in [6.07, 6.45) is 5.43. The third-order valence-electron chi connectivity index (χ3n) is 3.75. The van der Waals surface area contributed by atoms with Crippen LogP contribution >= 0.6 is 0 Å². The predicted molar refractivity (Wildman–Crippen MR) is 75.7 cm³/mol. The largest absolute Gasteiger partial charge is 0.334 e. The van der Waals surface area contributed by atoms with Gasteiger partial charge in [0, 0.05) is 18.9 Å². The molecule has 0 amide bonds. The first-order valence-corrected chi connectivity index (χ1v) is 8.82. The Morgan fingerprint density at radius 2 is 2.32 bits per heavy atom. The second kappa shape index (κ2) is 6.05. The van der Waals surface area contributed by atoms with Crippen LogP contribution < -0.4 is 5.32 Å². The highest BCUT2D eigenvalue weighted by Crippen LogP contribution is 2.28. The fourth-order valence-electron chi connectivity index (χ4n) is 2.82. The molecular formula is C13H23N3O2S. The van der Waals surface area contributed by atoms with Gasteiger partial charge in [-0.2, -0.15) is 0 Å². The molecule has 6 heteroatoms. The van der Waals surface area contributed by atoms with Crippen molar-refractivity contribution in [2.24, 2.45) is 5.92 Å². The minimum absolute atomic E-state index is 0.151. The number of imidazole rings is 1. The summed E-state index contributed by atoms with van der Waals surface area (Å²) in [5.41, 5.74) is 0. The van der Waals surface area contributed by atoms with E-state index in [-0.39, 0.29) is 12.0 Å². The Hall–Kier alpha value is -0.880. The molecule has 19 heavy (non-hydrogen) atoms. The molecule has 0 spiro atoms. The van der Waals surface area contributed by atoms with Crippen LogP contribution in [0, 0.1) is 5.92 Å². The fourth-order valence-corrected chi connectivity index (χ4v) is 4.70. The van der Waals surface area contributed by atoms with Crippen LogP contribution in [0.5, 0.6) is 0 Å². The monoisotopic (exact) mass is 285 g/mol. The van der Waals surface area contributed by atoms with Gasteiger partial charge in [-0.1, -0.05) is 6.92 Å². The Morgan fingerprint density at radius 1 is 1.53 bits per heavy atom. The van der Waals surface area contributed by atoms with Crippen LogP contribution in [0.3, 0.4) is 0 Å². The summed E-state index contributed by atoms with van der Waals surface area (Å²) in [6, 6.07) is 0.151. The third-order valence-corrected chi connectivity index (χ3v) is 5.58. The average molecular weight is 285 g/mol. The topological polar surface area (TPSA) is 64.0 Å². The van der Waals surface area contributed by atoms with E-state index in [0.29, 0.717) is 11.5 Å². The summed E-state index contributed by atoms with van der Waals surface area (Å²) in [5.74, 6) is 1.96. The number of rotatable bonds is 6. The zero-order valence-electron chi connectivity index (χ0n) is 11.7. The molecule has 1 saturated heterocycles. The molecule has 1 aliphatic rings. The molecule has 0 aromatic carbocycles. The second-order valence-electron chi connectivity index (χ2n) is 5.19. The average Bonchev–Trinajstić information content (AvgIpc) is 2.94. The van der Waals surface area contributed by atoms with Crippen LogP contribution in [0.15, 0.2) is 12.4 Å². The SMILES string of the molecule is CCNC(CC1CCS(=O)(=O)C1)c1nccn1CC. The Labute approximate surface area is 115 Å². The van der Waals surface area contributed by atoms with Crippen molar-refractivity contribution in [3.63, 3.8) is 0 Å². The van der Waals surface area contributed by atoms with Crippen molar-refractivity contribution in [2.75, 3.05) is 18.1 Å². The van der Waals surface area contributed by atoms with Crippen molar-refractivity contribution in [3.05, 3.63) is 18.2 Å². The molecule has 2 unspecified atom stereocenters. The minimum atomic E-state index is -2.80. The van der Waals surface area contributed by atoms with Crippen LogP contribution in [0.4, 0.5) is 0 Å². The molecule has 0 radical (unpaired) electrons. The van der Waals surface area contributed by atoms with E-state index in [1.165, 1.54) is 0 Å². The number of aromatic nitrogens is 2. The molecule has 1 N–H and O–H groups in total. The molecule has 1 aliphatic heterocycles. The van der Waals surface area contributed by atoms with Crippen LogP contribution in [0.2, 0.25) is 0 Å². The van der Waals surface area contributed by atoms with Crippen LogP contribution in [0.1, 0.15) is 38.6 Å². The van der Waals surface area contributed by atoms with Crippen molar-refractivity contribution >= 4 is 9.84 Å². The Kier molecular flexibility index (Phi) is 4.62. The van der Waals surface area contributed by atoms with Gasteiger partial charge in [0.25, 0.3) is 0 Å². The number of sulfone groups is 1. The van der Waals surface area contributed by atoms with Gasteiger partial charge in [-0.3, -0.25) is 0 Å². The van der Waals surface area contributed by atoms with E-state index in [0.717, 1.165) is 31.8 Å². The highest BCUT2D eigenvalue weighted by atomic mass is 32.2. The molecule has 0 aliphatic carbocycles. The van der Waals surface area contributed by atoms with Gasteiger partial charge in [0.15, 0.2) is 9.84 Å². The Morgan fingerprint density at radius 3 is 2.89 bits per heavy atom. The minimum Gasteiger partial charge on any atom is -0.334 e. The van der Waals surface area contributed by atoms with Crippen molar-refractivity contribution < 1.29 is 8.42 Å². The molecule has 2 heterocycles. The summed E-state index contributed by atoms with van der Waals surface area (Å²) in [4.78, 5) is 4.44. The van der Waals surface area contributed by atoms with E-state index in [1.807, 2.05) is 12.4 Å². The number of aryl methyl sites for hydroxylation is 1. The zero-order chi connectivity index (χ0) is 13.9. The van der Waals surface area contributed by atoms with E-state index >= 15 is 0 Å². The highest BCUT2D eigenvalue weighted by molar-refractivity contribution is 7.91. The van der Waals surface area contributed by atoms with Crippen LogP contribution in [0.25, 0.3) is 0 Å². The lowest BCUT2D eigenvalue weighted by atomic mass is 9.98. The molecule has 5 nitrogen and oxygen atoms in total. The molecule has 1 fully saturated rings. The lowest BCUT2D eigenvalue weighted by molar-refractivity contribution is 0.397. The summed E-state index contributed by atoms with van der Waals surface area (Å²) in [7, 11) is -2.80. The molecule has 108 valence electrons. The lowest BCUT2D eigenvalue weighted by Crippen LogP contribution is -2.26. The predicted octanol–water partition coefficient (Wildman–Crippen LogP) is 1.38. The van der Waals surface area contributed by atoms with Crippen LogP contribution in [-0.2, 0) is 16.4 Å². The van der Waals surface area contributed by atoms with Gasteiger partial charge in [-0.15, -0.1) is 0 Å². The fraction of sp³-hybridized carbons (Fsp3) is 0.769. The molecule has 2 atom stereocenters. The first-order chi connectivity index (χ1) is 9.05. The molecule has 0 saturated carbocycles.